The Balaban J connectivity index is 1.48. The fourth-order valence-corrected chi connectivity index (χ4v) is 3.39. The zero-order valence-electron chi connectivity index (χ0n) is 12.4. The molecule has 20 heavy (non-hydrogen) atoms. The largest absolute Gasteiger partial charge is 0.372 e. The molecule has 1 aromatic rings. The summed E-state index contributed by atoms with van der Waals surface area (Å²) >= 11 is 0. The van der Waals surface area contributed by atoms with E-state index in [1.54, 1.807) is 0 Å². The van der Waals surface area contributed by atoms with Gasteiger partial charge in [-0.2, -0.15) is 0 Å². The van der Waals surface area contributed by atoms with Gasteiger partial charge in [0.05, 0.1) is 0 Å². The number of rotatable bonds is 4. The van der Waals surface area contributed by atoms with Gasteiger partial charge < -0.3 is 16.0 Å². The molecule has 3 rings (SSSR count). The number of nitrogens with two attached hydrogens (primary N) is 1. The van der Waals surface area contributed by atoms with E-state index in [2.05, 4.69) is 34.5 Å². The first-order chi connectivity index (χ1) is 9.81. The third kappa shape index (κ3) is 3.53. The number of nitrogens with zero attached hydrogens (tertiary/aromatic N) is 1. The average Bonchev–Trinajstić information content (AvgIpc) is 3.01. The summed E-state index contributed by atoms with van der Waals surface area (Å²) in [5, 5.41) is 3.68. The minimum absolute atomic E-state index is 0.438. The maximum atomic E-state index is 5.95. The first-order valence-electron chi connectivity index (χ1n) is 8.14. The first kappa shape index (κ1) is 13.9. The molecule has 0 aromatic heterocycles. The summed E-state index contributed by atoms with van der Waals surface area (Å²) in [4.78, 5) is 2.49. The van der Waals surface area contributed by atoms with Gasteiger partial charge in [0.1, 0.15) is 0 Å². The number of hydrogen-bond acceptors (Lipinski definition) is 3. The van der Waals surface area contributed by atoms with E-state index in [9.17, 15) is 0 Å². The smallest absolute Gasteiger partial charge is 0.0366 e. The Morgan fingerprint density at radius 1 is 1.00 bits per heavy atom. The van der Waals surface area contributed by atoms with Crippen LogP contribution >= 0.6 is 0 Å². The fourth-order valence-electron chi connectivity index (χ4n) is 3.39. The highest BCUT2D eigenvalue weighted by Gasteiger charge is 2.17. The maximum absolute atomic E-state index is 5.95. The Bertz CT molecular complexity index is 401. The molecule has 3 N–H and O–H groups in total. The topological polar surface area (TPSA) is 41.3 Å². The summed E-state index contributed by atoms with van der Waals surface area (Å²) in [6.07, 6.45) is 7.48. The molecule has 0 radical (unpaired) electrons. The molecule has 3 heteroatoms. The molecule has 0 atom stereocenters. The fraction of sp³-hybridized carbons (Fsp3) is 0.647. The van der Waals surface area contributed by atoms with Gasteiger partial charge in [0.25, 0.3) is 0 Å². The van der Waals surface area contributed by atoms with Gasteiger partial charge in [0.15, 0.2) is 0 Å². The molecular weight excluding hydrogens is 246 g/mol. The van der Waals surface area contributed by atoms with Gasteiger partial charge in [-0.05, 0) is 56.2 Å². The standard InChI is InChI=1S/C17H27N3/c18-15-5-7-16(8-6-15)19-13-14-3-9-17(10-4-14)20-11-1-2-12-20/h3-4,9-10,15-16,19H,1-2,5-8,11-13,18H2. The van der Waals surface area contributed by atoms with Gasteiger partial charge in [0, 0.05) is 37.4 Å². The number of hydrogen-bond donors (Lipinski definition) is 2. The highest BCUT2D eigenvalue weighted by atomic mass is 15.1. The summed E-state index contributed by atoms with van der Waals surface area (Å²) in [6.45, 7) is 3.43. The van der Waals surface area contributed by atoms with Crippen molar-refractivity contribution in [2.24, 2.45) is 5.73 Å². The minimum atomic E-state index is 0.438. The van der Waals surface area contributed by atoms with Crippen LogP contribution < -0.4 is 16.0 Å². The zero-order valence-corrected chi connectivity index (χ0v) is 12.4. The summed E-state index contributed by atoms with van der Waals surface area (Å²) < 4.78 is 0. The molecule has 1 aliphatic heterocycles. The van der Waals surface area contributed by atoms with Crippen molar-refractivity contribution >= 4 is 5.69 Å². The van der Waals surface area contributed by atoms with Crippen LogP contribution in [0.5, 0.6) is 0 Å². The van der Waals surface area contributed by atoms with Crippen molar-refractivity contribution in [2.45, 2.75) is 57.2 Å². The monoisotopic (exact) mass is 273 g/mol. The lowest BCUT2D eigenvalue weighted by Gasteiger charge is -2.27. The highest BCUT2D eigenvalue weighted by Crippen LogP contribution is 2.21. The van der Waals surface area contributed by atoms with Gasteiger partial charge in [-0.25, -0.2) is 0 Å². The lowest BCUT2D eigenvalue weighted by molar-refractivity contribution is 0.342. The molecule has 2 fully saturated rings. The third-order valence-electron chi connectivity index (χ3n) is 4.77. The molecule has 0 unspecified atom stereocenters. The van der Waals surface area contributed by atoms with E-state index in [1.807, 2.05) is 0 Å². The molecule has 0 bridgehead atoms. The predicted octanol–water partition coefficient (Wildman–Crippen LogP) is 2.65. The van der Waals surface area contributed by atoms with Crippen LogP contribution in [0.3, 0.4) is 0 Å². The van der Waals surface area contributed by atoms with Gasteiger partial charge in [-0.15, -0.1) is 0 Å². The molecule has 3 nitrogen and oxygen atoms in total. The van der Waals surface area contributed by atoms with E-state index < -0.39 is 0 Å². The van der Waals surface area contributed by atoms with Gasteiger partial charge >= 0.3 is 0 Å². The molecule has 1 saturated carbocycles. The van der Waals surface area contributed by atoms with E-state index in [0.29, 0.717) is 12.1 Å². The van der Waals surface area contributed by atoms with Gasteiger partial charge in [-0.1, -0.05) is 12.1 Å². The van der Waals surface area contributed by atoms with Crippen molar-refractivity contribution in [3.63, 3.8) is 0 Å². The van der Waals surface area contributed by atoms with Crippen LogP contribution in [-0.4, -0.2) is 25.2 Å². The normalized spacial score (nSPS) is 26.9. The Hall–Kier alpha value is -1.06. The lowest BCUT2D eigenvalue weighted by atomic mass is 9.92. The molecular formula is C17H27N3. The van der Waals surface area contributed by atoms with E-state index in [-0.39, 0.29) is 0 Å². The molecule has 110 valence electrons. The van der Waals surface area contributed by atoms with Crippen molar-refractivity contribution < 1.29 is 0 Å². The van der Waals surface area contributed by atoms with Crippen molar-refractivity contribution in [3.05, 3.63) is 29.8 Å². The SMILES string of the molecule is NC1CCC(NCc2ccc(N3CCCC3)cc2)CC1. The Morgan fingerprint density at radius 2 is 1.65 bits per heavy atom. The molecule has 1 aliphatic carbocycles. The predicted molar refractivity (Wildman–Crippen MR) is 85.0 cm³/mol. The summed E-state index contributed by atoms with van der Waals surface area (Å²) in [7, 11) is 0. The van der Waals surface area contributed by atoms with Crippen LogP contribution in [0.1, 0.15) is 44.1 Å². The molecule has 1 aromatic carbocycles. The van der Waals surface area contributed by atoms with Crippen molar-refractivity contribution in [1.82, 2.24) is 5.32 Å². The molecule has 1 saturated heterocycles. The van der Waals surface area contributed by atoms with Crippen molar-refractivity contribution in [3.8, 4) is 0 Å². The number of nitrogens with one attached hydrogen (secondary N) is 1. The van der Waals surface area contributed by atoms with Crippen molar-refractivity contribution in [2.75, 3.05) is 18.0 Å². The van der Waals surface area contributed by atoms with Crippen molar-refractivity contribution in [1.29, 1.82) is 0 Å². The van der Waals surface area contributed by atoms with Crippen LogP contribution in [0.15, 0.2) is 24.3 Å². The molecule has 0 amide bonds. The van der Waals surface area contributed by atoms with E-state index in [4.69, 9.17) is 5.73 Å². The second-order valence-electron chi connectivity index (χ2n) is 6.35. The van der Waals surface area contributed by atoms with Crippen LogP contribution in [-0.2, 0) is 6.54 Å². The van der Waals surface area contributed by atoms with Crippen LogP contribution in [0.2, 0.25) is 0 Å². The van der Waals surface area contributed by atoms with Crippen LogP contribution in [0, 0.1) is 0 Å². The second-order valence-corrected chi connectivity index (χ2v) is 6.35. The quantitative estimate of drug-likeness (QED) is 0.886. The van der Waals surface area contributed by atoms with Gasteiger partial charge in [0.2, 0.25) is 0 Å². The lowest BCUT2D eigenvalue weighted by Crippen LogP contribution is -2.37. The Kier molecular flexibility index (Phi) is 4.58. The summed E-state index contributed by atoms with van der Waals surface area (Å²) in [5.74, 6) is 0. The molecule has 1 heterocycles. The summed E-state index contributed by atoms with van der Waals surface area (Å²) in [5.41, 5.74) is 8.72. The van der Waals surface area contributed by atoms with E-state index >= 15 is 0 Å². The minimum Gasteiger partial charge on any atom is -0.372 e. The number of anilines is 1. The van der Waals surface area contributed by atoms with Gasteiger partial charge in [-0.3, -0.25) is 0 Å². The highest BCUT2D eigenvalue weighted by molar-refractivity contribution is 5.48. The maximum Gasteiger partial charge on any atom is 0.0366 e. The first-order valence-corrected chi connectivity index (χ1v) is 8.14. The number of benzene rings is 1. The molecule has 2 aliphatic rings. The Labute approximate surface area is 122 Å². The Morgan fingerprint density at radius 3 is 2.30 bits per heavy atom. The second kappa shape index (κ2) is 6.59. The van der Waals surface area contributed by atoms with E-state index in [1.165, 1.54) is 62.9 Å². The van der Waals surface area contributed by atoms with Crippen LogP contribution in [0.25, 0.3) is 0 Å². The summed E-state index contributed by atoms with van der Waals surface area (Å²) in [6, 6.07) is 10.2. The average molecular weight is 273 g/mol. The van der Waals surface area contributed by atoms with Crippen LogP contribution in [0.4, 0.5) is 5.69 Å². The molecule has 0 spiro atoms. The third-order valence-corrected chi connectivity index (χ3v) is 4.77. The zero-order chi connectivity index (χ0) is 13.8. The van der Waals surface area contributed by atoms with E-state index in [0.717, 1.165) is 6.54 Å².